The average Bonchev–Trinajstić information content (AvgIpc) is 2.90. The van der Waals surface area contributed by atoms with Crippen LogP contribution in [0.2, 0.25) is 0 Å². The van der Waals surface area contributed by atoms with E-state index in [0.29, 0.717) is 0 Å². The SMILES string of the molecule is CCC[N+]1(CCC)CC2=Cc3c(ccc4ccccc34)C[C@H]2C1. The van der Waals surface area contributed by atoms with Crippen molar-refractivity contribution in [3.05, 3.63) is 53.1 Å². The van der Waals surface area contributed by atoms with E-state index >= 15 is 0 Å². The molecule has 0 N–H and O–H groups in total. The molecule has 1 aliphatic carbocycles. The van der Waals surface area contributed by atoms with Crippen LogP contribution in [-0.4, -0.2) is 30.7 Å². The molecule has 1 atom stereocenters. The van der Waals surface area contributed by atoms with Crippen LogP contribution < -0.4 is 0 Å². The molecule has 2 aromatic carbocycles. The molecule has 0 amide bonds. The number of hydrogen-bond donors (Lipinski definition) is 0. The minimum atomic E-state index is 0.779. The van der Waals surface area contributed by atoms with Crippen LogP contribution in [0.3, 0.4) is 0 Å². The first-order chi connectivity index (χ1) is 11.2. The maximum Gasteiger partial charge on any atom is 0.101 e. The number of hydrogen-bond acceptors (Lipinski definition) is 0. The fourth-order valence-electron chi connectivity index (χ4n) is 5.07. The summed E-state index contributed by atoms with van der Waals surface area (Å²) < 4.78 is 1.33. The van der Waals surface area contributed by atoms with Crippen LogP contribution in [-0.2, 0) is 6.42 Å². The second-order valence-electron chi connectivity index (χ2n) is 7.61. The van der Waals surface area contributed by atoms with Crippen molar-refractivity contribution in [3.63, 3.8) is 0 Å². The summed E-state index contributed by atoms with van der Waals surface area (Å²) in [5.74, 6) is 0.779. The average molecular weight is 306 g/mol. The Morgan fingerprint density at radius 1 is 1.00 bits per heavy atom. The Morgan fingerprint density at radius 3 is 2.57 bits per heavy atom. The number of fused-ring (bicyclic) bond motifs is 4. The summed E-state index contributed by atoms with van der Waals surface area (Å²) in [7, 11) is 0. The van der Waals surface area contributed by atoms with Crippen molar-refractivity contribution in [1.82, 2.24) is 0 Å². The zero-order chi connectivity index (χ0) is 15.9. The van der Waals surface area contributed by atoms with Gasteiger partial charge in [0.25, 0.3) is 0 Å². The van der Waals surface area contributed by atoms with Crippen LogP contribution in [0.15, 0.2) is 42.0 Å². The van der Waals surface area contributed by atoms with Crippen molar-refractivity contribution in [2.24, 2.45) is 5.92 Å². The maximum absolute atomic E-state index is 2.55. The van der Waals surface area contributed by atoms with Gasteiger partial charge in [-0.3, -0.25) is 0 Å². The summed E-state index contributed by atoms with van der Waals surface area (Å²) in [4.78, 5) is 0. The molecule has 2 aromatic rings. The molecule has 1 aliphatic heterocycles. The van der Waals surface area contributed by atoms with Crippen molar-refractivity contribution in [1.29, 1.82) is 0 Å². The van der Waals surface area contributed by atoms with Gasteiger partial charge in [0.05, 0.1) is 19.6 Å². The lowest BCUT2D eigenvalue weighted by Crippen LogP contribution is -2.47. The van der Waals surface area contributed by atoms with Gasteiger partial charge in [-0.25, -0.2) is 0 Å². The molecule has 120 valence electrons. The predicted octanol–water partition coefficient (Wildman–Crippen LogP) is 5.05. The van der Waals surface area contributed by atoms with E-state index in [1.54, 1.807) is 11.1 Å². The van der Waals surface area contributed by atoms with Gasteiger partial charge < -0.3 is 4.48 Å². The molecule has 2 aliphatic rings. The second-order valence-corrected chi connectivity index (χ2v) is 7.61. The number of quaternary nitrogens is 1. The number of benzene rings is 2. The van der Waals surface area contributed by atoms with Crippen molar-refractivity contribution in [3.8, 4) is 0 Å². The van der Waals surface area contributed by atoms with Gasteiger partial charge in [-0.1, -0.05) is 50.2 Å². The molecule has 1 saturated heterocycles. The zero-order valence-corrected chi connectivity index (χ0v) is 14.5. The van der Waals surface area contributed by atoms with E-state index in [1.165, 1.54) is 66.3 Å². The summed E-state index contributed by atoms with van der Waals surface area (Å²) in [6.45, 7) is 10.0. The Morgan fingerprint density at radius 2 is 1.78 bits per heavy atom. The Labute approximate surface area is 140 Å². The Bertz CT molecular complexity index is 750. The van der Waals surface area contributed by atoms with Gasteiger partial charge in [-0.05, 0) is 52.8 Å². The molecule has 1 fully saturated rings. The van der Waals surface area contributed by atoms with E-state index in [1.807, 2.05) is 0 Å². The quantitative estimate of drug-likeness (QED) is 0.694. The zero-order valence-electron chi connectivity index (χ0n) is 14.5. The van der Waals surface area contributed by atoms with E-state index in [9.17, 15) is 0 Å². The predicted molar refractivity (Wildman–Crippen MR) is 99.4 cm³/mol. The second kappa shape index (κ2) is 5.79. The molecule has 0 saturated carbocycles. The van der Waals surface area contributed by atoms with E-state index in [4.69, 9.17) is 0 Å². The number of rotatable bonds is 4. The third-order valence-electron chi connectivity index (χ3n) is 5.90. The van der Waals surface area contributed by atoms with Crippen LogP contribution in [0, 0.1) is 5.92 Å². The topological polar surface area (TPSA) is 0 Å². The molecule has 0 aromatic heterocycles. The summed E-state index contributed by atoms with van der Waals surface area (Å²) in [6, 6.07) is 13.5. The van der Waals surface area contributed by atoms with E-state index in [-0.39, 0.29) is 0 Å². The maximum atomic E-state index is 2.55. The first-order valence-corrected chi connectivity index (χ1v) is 9.31. The molecular weight excluding hydrogens is 278 g/mol. The van der Waals surface area contributed by atoms with E-state index < -0.39 is 0 Å². The van der Waals surface area contributed by atoms with Gasteiger partial charge in [0, 0.05) is 5.92 Å². The molecule has 23 heavy (non-hydrogen) atoms. The van der Waals surface area contributed by atoms with Gasteiger partial charge in [0.15, 0.2) is 0 Å². The van der Waals surface area contributed by atoms with Crippen LogP contribution in [0.4, 0.5) is 0 Å². The third-order valence-corrected chi connectivity index (χ3v) is 5.90. The fourth-order valence-corrected chi connectivity index (χ4v) is 5.07. The lowest BCUT2D eigenvalue weighted by Gasteiger charge is -2.34. The van der Waals surface area contributed by atoms with Gasteiger partial charge in [0.1, 0.15) is 6.54 Å². The molecule has 1 nitrogen and oxygen atoms in total. The van der Waals surface area contributed by atoms with Gasteiger partial charge >= 0.3 is 0 Å². The van der Waals surface area contributed by atoms with Crippen LogP contribution in [0.5, 0.6) is 0 Å². The van der Waals surface area contributed by atoms with Gasteiger partial charge in [0.2, 0.25) is 0 Å². The molecule has 0 radical (unpaired) electrons. The van der Waals surface area contributed by atoms with Crippen molar-refractivity contribution in [2.75, 3.05) is 26.2 Å². The highest BCUT2D eigenvalue weighted by molar-refractivity contribution is 5.93. The lowest BCUT2D eigenvalue weighted by molar-refractivity contribution is -0.916. The van der Waals surface area contributed by atoms with E-state index in [0.717, 1.165) is 5.92 Å². The first kappa shape index (κ1) is 15.0. The fraction of sp³-hybridized carbons (Fsp3) is 0.455. The standard InChI is InChI=1S/C22H28N/c1-3-11-23(12-4-2)15-19-13-18-10-9-17-7-5-6-8-21(17)22(18)14-20(19)16-23/h5-10,14,19H,3-4,11-13,15-16H2,1-2H3/q+1/t19-/m0/s1. The Kier molecular flexibility index (Phi) is 3.77. The molecule has 0 unspecified atom stereocenters. The molecule has 4 rings (SSSR count). The summed E-state index contributed by atoms with van der Waals surface area (Å²) >= 11 is 0. The Balaban J connectivity index is 1.75. The van der Waals surface area contributed by atoms with Crippen molar-refractivity contribution in [2.45, 2.75) is 33.1 Å². The molecular formula is C22H28N+. The third kappa shape index (κ3) is 2.52. The van der Waals surface area contributed by atoms with Gasteiger partial charge in [-0.2, -0.15) is 0 Å². The largest absolute Gasteiger partial charge is 0.320 e. The minimum Gasteiger partial charge on any atom is -0.320 e. The minimum absolute atomic E-state index is 0.779. The number of nitrogens with zero attached hydrogens (tertiary/aromatic N) is 1. The molecule has 1 heterocycles. The molecule has 1 heteroatoms. The smallest absolute Gasteiger partial charge is 0.101 e. The highest BCUT2D eigenvalue weighted by Crippen LogP contribution is 2.40. The lowest BCUT2D eigenvalue weighted by atomic mass is 9.83. The highest BCUT2D eigenvalue weighted by Gasteiger charge is 2.42. The molecule has 0 bridgehead atoms. The normalized spacial score (nSPS) is 21.8. The van der Waals surface area contributed by atoms with Gasteiger partial charge in [-0.15, -0.1) is 0 Å². The summed E-state index contributed by atoms with van der Waals surface area (Å²) in [5.41, 5.74) is 4.78. The van der Waals surface area contributed by atoms with E-state index in [2.05, 4.69) is 56.3 Å². The molecule has 0 spiro atoms. The van der Waals surface area contributed by atoms with Crippen molar-refractivity contribution < 1.29 is 4.48 Å². The van der Waals surface area contributed by atoms with Crippen LogP contribution in [0.1, 0.15) is 37.8 Å². The first-order valence-electron chi connectivity index (χ1n) is 9.31. The number of likely N-dealkylation sites (tertiary alicyclic amines) is 1. The van der Waals surface area contributed by atoms with Crippen LogP contribution >= 0.6 is 0 Å². The monoisotopic (exact) mass is 306 g/mol. The Hall–Kier alpha value is -1.60. The van der Waals surface area contributed by atoms with Crippen LogP contribution in [0.25, 0.3) is 16.8 Å². The van der Waals surface area contributed by atoms with Crippen molar-refractivity contribution >= 4 is 16.8 Å². The highest BCUT2D eigenvalue weighted by atomic mass is 15.4. The summed E-state index contributed by atoms with van der Waals surface area (Å²) in [5, 5.41) is 2.81. The summed E-state index contributed by atoms with van der Waals surface area (Å²) in [6.07, 6.45) is 6.41.